The van der Waals surface area contributed by atoms with Gasteiger partial charge in [0.1, 0.15) is 0 Å². The molecule has 1 atom stereocenters. The lowest BCUT2D eigenvalue weighted by Gasteiger charge is -2.30. The monoisotopic (exact) mass is 399 g/mol. The summed E-state index contributed by atoms with van der Waals surface area (Å²) in [5, 5.41) is 10.2. The Balaban J connectivity index is 1.94. The zero-order valence-corrected chi connectivity index (χ0v) is 17.0. The second kappa shape index (κ2) is 8.11. The van der Waals surface area contributed by atoms with Crippen LogP contribution in [0.2, 0.25) is 5.02 Å². The second-order valence-corrected chi connectivity index (χ2v) is 7.64. The predicted molar refractivity (Wildman–Crippen MR) is 115 cm³/mol. The van der Waals surface area contributed by atoms with Gasteiger partial charge in [0.05, 0.1) is 22.3 Å². The Morgan fingerprint density at radius 2 is 1.81 bits per heavy atom. The number of benzene rings is 2. The first-order valence-electron chi connectivity index (χ1n) is 8.81. The fraction of sp³-hybridized carbons (Fsp3) is 0.238. The number of para-hydroxylation sites is 1. The smallest absolute Gasteiger partial charge is 0.255 e. The molecule has 0 saturated carbocycles. The van der Waals surface area contributed by atoms with Gasteiger partial charge in [-0.15, -0.1) is 0 Å². The molecule has 0 bridgehead atoms. The number of hydrogen-bond acceptors (Lipinski definition) is 2. The van der Waals surface area contributed by atoms with Gasteiger partial charge in [0.15, 0.2) is 5.11 Å². The number of halogens is 1. The van der Waals surface area contributed by atoms with E-state index in [1.807, 2.05) is 31.2 Å². The number of nitrogens with one attached hydrogen (secondary N) is 3. The lowest BCUT2D eigenvalue weighted by Crippen LogP contribution is -2.45. The molecule has 1 heterocycles. The highest BCUT2D eigenvalue weighted by molar-refractivity contribution is 7.80. The van der Waals surface area contributed by atoms with Crippen molar-refractivity contribution in [2.24, 2.45) is 0 Å². The number of allylic oxidation sites excluding steroid dienone is 1. The van der Waals surface area contributed by atoms with Gasteiger partial charge >= 0.3 is 0 Å². The summed E-state index contributed by atoms with van der Waals surface area (Å²) in [6.45, 7) is 6.16. The van der Waals surface area contributed by atoms with E-state index in [1.54, 1.807) is 12.1 Å². The largest absolute Gasteiger partial charge is 0.351 e. The number of carbonyl (C=O) groups is 1. The summed E-state index contributed by atoms with van der Waals surface area (Å²) in [5.41, 5.74) is 4.11. The van der Waals surface area contributed by atoms with Crippen molar-refractivity contribution >= 4 is 40.5 Å². The van der Waals surface area contributed by atoms with Crippen molar-refractivity contribution in [3.8, 4) is 0 Å². The molecular weight excluding hydrogens is 378 g/mol. The third-order valence-corrected chi connectivity index (χ3v) is 5.12. The molecule has 0 aliphatic carbocycles. The number of amides is 1. The normalized spacial score (nSPS) is 16.8. The predicted octanol–water partition coefficient (Wildman–Crippen LogP) is 4.89. The molecule has 1 aliphatic rings. The van der Waals surface area contributed by atoms with Crippen LogP contribution in [0.4, 0.5) is 5.69 Å². The molecule has 27 heavy (non-hydrogen) atoms. The van der Waals surface area contributed by atoms with E-state index >= 15 is 0 Å². The first-order chi connectivity index (χ1) is 12.9. The number of rotatable bonds is 4. The van der Waals surface area contributed by atoms with Crippen LogP contribution in [-0.4, -0.2) is 11.0 Å². The van der Waals surface area contributed by atoms with Crippen LogP contribution < -0.4 is 16.0 Å². The highest BCUT2D eigenvalue weighted by atomic mass is 35.5. The molecular formula is C21H22ClN3OS. The lowest BCUT2D eigenvalue weighted by molar-refractivity contribution is -0.113. The quantitative estimate of drug-likeness (QED) is 0.640. The first kappa shape index (κ1) is 19.4. The van der Waals surface area contributed by atoms with E-state index in [-0.39, 0.29) is 11.9 Å². The number of carbonyl (C=O) groups excluding carboxylic acids is 1. The van der Waals surface area contributed by atoms with Crippen LogP contribution in [0, 0.1) is 0 Å². The molecule has 3 rings (SSSR count). The minimum absolute atomic E-state index is 0.221. The number of hydrogen-bond donors (Lipinski definition) is 3. The van der Waals surface area contributed by atoms with E-state index in [2.05, 4.69) is 41.9 Å². The van der Waals surface area contributed by atoms with Gasteiger partial charge in [0.25, 0.3) is 5.91 Å². The van der Waals surface area contributed by atoms with Crippen LogP contribution in [0.3, 0.4) is 0 Å². The molecule has 1 amide bonds. The standard InChI is InChI=1S/C21H22ClN3OS/c1-12(2)14-8-10-15(11-9-14)19-18(13(3)23-21(27)25-19)20(26)24-17-7-5-4-6-16(17)22/h4-12,19H,1-3H3,(H,24,26)(H2,23,25,27)/t19-/m0/s1. The van der Waals surface area contributed by atoms with Gasteiger partial charge in [-0.3, -0.25) is 4.79 Å². The molecule has 1 aliphatic heterocycles. The van der Waals surface area contributed by atoms with E-state index < -0.39 is 0 Å². The zero-order valence-electron chi connectivity index (χ0n) is 15.5. The Bertz CT molecular complexity index is 906. The summed E-state index contributed by atoms with van der Waals surface area (Å²) in [5.74, 6) is 0.224. The third-order valence-electron chi connectivity index (χ3n) is 4.57. The fourth-order valence-electron chi connectivity index (χ4n) is 3.07. The molecule has 2 aromatic carbocycles. The molecule has 0 unspecified atom stereocenters. The van der Waals surface area contributed by atoms with E-state index in [9.17, 15) is 4.79 Å². The highest BCUT2D eigenvalue weighted by Gasteiger charge is 2.30. The minimum atomic E-state index is -0.331. The van der Waals surface area contributed by atoms with Crippen LogP contribution in [0.25, 0.3) is 0 Å². The van der Waals surface area contributed by atoms with Crippen LogP contribution in [0.1, 0.15) is 43.9 Å². The van der Waals surface area contributed by atoms with E-state index in [4.69, 9.17) is 23.8 Å². The highest BCUT2D eigenvalue weighted by Crippen LogP contribution is 2.30. The van der Waals surface area contributed by atoms with Gasteiger partial charge in [-0.05, 0) is 48.3 Å². The van der Waals surface area contributed by atoms with Gasteiger partial charge in [0, 0.05) is 5.70 Å². The molecule has 6 heteroatoms. The molecule has 0 radical (unpaired) electrons. The van der Waals surface area contributed by atoms with Crippen LogP contribution in [0.15, 0.2) is 59.8 Å². The SMILES string of the molecule is CC1=C(C(=O)Nc2ccccc2Cl)[C@H](c2ccc(C(C)C)cc2)NC(=S)N1. The van der Waals surface area contributed by atoms with E-state index in [1.165, 1.54) is 5.56 Å². The Hall–Kier alpha value is -2.37. The van der Waals surface area contributed by atoms with Crippen molar-refractivity contribution in [2.75, 3.05) is 5.32 Å². The molecule has 0 saturated heterocycles. The molecule has 4 nitrogen and oxygen atoms in total. The Morgan fingerprint density at radius 3 is 2.44 bits per heavy atom. The molecule has 2 aromatic rings. The summed E-state index contributed by atoms with van der Waals surface area (Å²) in [4.78, 5) is 13.0. The number of thiocarbonyl (C=S) groups is 1. The Labute approximate surface area is 170 Å². The topological polar surface area (TPSA) is 53.2 Å². The summed E-state index contributed by atoms with van der Waals surface area (Å²) in [7, 11) is 0. The van der Waals surface area contributed by atoms with Crippen LogP contribution in [-0.2, 0) is 4.79 Å². The van der Waals surface area contributed by atoms with Crippen LogP contribution in [0.5, 0.6) is 0 Å². The lowest BCUT2D eigenvalue weighted by atomic mass is 9.92. The molecule has 0 spiro atoms. The minimum Gasteiger partial charge on any atom is -0.351 e. The molecule has 0 aromatic heterocycles. The Kier molecular flexibility index (Phi) is 5.82. The second-order valence-electron chi connectivity index (χ2n) is 6.83. The molecule has 0 fully saturated rings. The van der Waals surface area contributed by atoms with Crippen molar-refractivity contribution in [1.29, 1.82) is 0 Å². The van der Waals surface area contributed by atoms with Crippen molar-refractivity contribution in [3.05, 3.63) is 76.0 Å². The van der Waals surface area contributed by atoms with E-state index in [0.29, 0.717) is 27.3 Å². The molecule has 3 N–H and O–H groups in total. The first-order valence-corrected chi connectivity index (χ1v) is 9.59. The van der Waals surface area contributed by atoms with Crippen LogP contribution >= 0.6 is 23.8 Å². The van der Waals surface area contributed by atoms with Crippen molar-refractivity contribution < 1.29 is 4.79 Å². The van der Waals surface area contributed by atoms with E-state index in [0.717, 1.165) is 11.3 Å². The summed E-state index contributed by atoms with van der Waals surface area (Å²) in [6.07, 6.45) is 0. The average molecular weight is 400 g/mol. The fourth-order valence-corrected chi connectivity index (χ4v) is 3.52. The van der Waals surface area contributed by atoms with Gasteiger partial charge in [-0.25, -0.2) is 0 Å². The van der Waals surface area contributed by atoms with Crippen molar-refractivity contribution in [2.45, 2.75) is 32.7 Å². The number of anilines is 1. The van der Waals surface area contributed by atoms with Gasteiger partial charge in [0.2, 0.25) is 0 Å². The maximum Gasteiger partial charge on any atom is 0.255 e. The Morgan fingerprint density at radius 1 is 1.15 bits per heavy atom. The maximum atomic E-state index is 13.0. The maximum absolute atomic E-state index is 13.0. The van der Waals surface area contributed by atoms with Gasteiger partial charge < -0.3 is 16.0 Å². The zero-order chi connectivity index (χ0) is 19.6. The van der Waals surface area contributed by atoms with Crippen molar-refractivity contribution in [1.82, 2.24) is 10.6 Å². The van der Waals surface area contributed by atoms with Crippen molar-refractivity contribution in [3.63, 3.8) is 0 Å². The summed E-state index contributed by atoms with van der Waals surface area (Å²) < 4.78 is 0. The molecule has 140 valence electrons. The average Bonchev–Trinajstić information content (AvgIpc) is 2.63. The summed E-state index contributed by atoms with van der Waals surface area (Å²) >= 11 is 11.5. The van der Waals surface area contributed by atoms with Gasteiger partial charge in [-0.1, -0.05) is 61.8 Å². The third kappa shape index (κ3) is 4.31. The van der Waals surface area contributed by atoms with Gasteiger partial charge in [-0.2, -0.15) is 0 Å². The summed E-state index contributed by atoms with van der Waals surface area (Å²) in [6, 6.07) is 15.1.